The molecular formula is C15H10BrClN2O2. The number of para-hydroxylation sites is 1. The minimum atomic E-state index is -0.196. The number of benzene rings is 2. The Morgan fingerprint density at radius 2 is 2.10 bits per heavy atom. The molecule has 21 heavy (non-hydrogen) atoms. The lowest BCUT2D eigenvalue weighted by Gasteiger charge is -2.06. The van der Waals surface area contributed by atoms with Crippen molar-refractivity contribution in [3.05, 3.63) is 57.7 Å². The Bertz CT molecular complexity index is 816. The number of rotatable bonds is 3. The van der Waals surface area contributed by atoms with Crippen molar-refractivity contribution >= 4 is 50.1 Å². The number of carbonyl (C=O) groups is 1. The lowest BCUT2D eigenvalue weighted by atomic mass is 10.1. The summed E-state index contributed by atoms with van der Waals surface area (Å²) in [5, 5.41) is 8.02. The average molecular weight is 366 g/mol. The summed E-state index contributed by atoms with van der Waals surface area (Å²) in [5.41, 5.74) is 1.84. The van der Waals surface area contributed by atoms with Gasteiger partial charge in [0.2, 0.25) is 5.91 Å². The minimum absolute atomic E-state index is 0.128. The molecule has 4 nitrogen and oxygen atoms in total. The first kappa shape index (κ1) is 14.1. The fourth-order valence-electron chi connectivity index (χ4n) is 2.00. The van der Waals surface area contributed by atoms with Crippen LogP contribution in [0.3, 0.4) is 0 Å². The standard InChI is InChI=1S/C15H10BrClN2O2/c16-9-5-6-12(11(17)7-9)18-15(20)8-13-10-3-1-2-4-14(10)21-19-13/h1-7H,8H2,(H,18,20). The van der Waals surface area contributed by atoms with Crippen molar-refractivity contribution in [2.24, 2.45) is 0 Å². The summed E-state index contributed by atoms with van der Waals surface area (Å²) < 4.78 is 6.03. The Morgan fingerprint density at radius 3 is 2.90 bits per heavy atom. The number of hydrogen-bond donors (Lipinski definition) is 1. The summed E-state index contributed by atoms with van der Waals surface area (Å²) in [6, 6.07) is 12.7. The van der Waals surface area contributed by atoms with E-state index in [4.69, 9.17) is 16.1 Å². The van der Waals surface area contributed by atoms with Crippen molar-refractivity contribution < 1.29 is 9.32 Å². The molecule has 0 aliphatic carbocycles. The summed E-state index contributed by atoms with van der Waals surface area (Å²) in [6.45, 7) is 0. The van der Waals surface area contributed by atoms with Gasteiger partial charge in [0.25, 0.3) is 0 Å². The van der Waals surface area contributed by atoms with Gasteiger partial charge in [-0.2, -0.15) is 0 Å². The number of aromatic nitrogens is 1. The molecule has 0 spiro atoms. The van der Waals surface area contributed by atoms with Gasteiger partial charge in [0.05, 0.1) is 17.1 Å². The molecule has 1 amide bonds. The maximum atomic E-state index is 12.1. The van der Waals surface area contributed by atoms with Crippen LogP contribution in [0.5, 0.6) is 0 Å². The third kappa shape index (κ3) is 3.09. The molecule has 3 aromatic rings. The summed E-state index contributed by atoms with van der Waals surface area (Å²) in [6.07, 6.45) is 0.128. The van der Waals surface area contributed by atoms with Gasteiger partial charge >= 0.3 is 0 Å². The normalized spacial score (nSPS) is 10.8. The minimum Gasteiger partial charge on any atom is -0.356 e. The van der Waals surface area contributed by atoms with Crippen molar-refractivity contribution in [3.8, 4) is 0 Å². The molecule has 0 aliphatic heterocycles. The van der Waals surface area contributed by atoms with Gasteiger partial charge in [-0.15, -0.1) is 0 Å². The molecule has 2 aromatic carbocycles. The zero-order valence-electron chi connectivity index (χ0n) is 10.8. The van der Waals surface area contributed by atoms with Crippen LogP contribution in [0.25, 0.3) is 11.0 Å². The van der Waals surface area contributed by atoms with Crippen LogP contribution in [0.4, 0.5) is 5.69 Å². The third-order valence-corrected chi connectivity index (χ3v) is 3.79. The molecule has 6 heteroatoms. The fourth-order valence-corrected chi connectivity index (χ4v) is 2.72. The maximum absolute atomic E-state index is 12.1. The Morgan fingerprint density at radius 1 is 1.29 bits per heavy atom. The van der Waals surface area contributed by atoms with Crippen LogP contribution in [0, 0.1) is 0 Å². The largest absolute Gasteiger partial charge is 0.356 e. The van der Waals surface area contributed by atoms with E-state index in [0.29, 0.717) is 22.0 Å². The second-order valence-corrected chi connectivity index (χ2v) is 5.80. The molecule has 0 bridgehead atoms. The van der Waals surface area contributed by atoms with E-state index in [0.717, 1.165) is 9.86 Å². The Kier molecular flexibility index (Phi) is 3.94. The topological polar surface area (TPSA) is 55.1 Å². The molecular weight excluding hydrogens is 356 g/mol. The molecule has 0 saturated carbocycles. The first-order valence-electron chi connectivity index (χ1n) is 6.21. The van der Waals surface area contributed by atoms with Crippen molar-refractivity contribution in [2.75, 3.05) is 5.32 Å². The number of anilines is 1. The molecule has 1 heterocycles. The van der Waals surface area contributed by atoms with Crippen LogP contribution in [-0.4, -0.2) is 11.1 Å². The van der Waals surface area contributed by atoms with Gasteiger partial charge in [-0.3, -0.25) is 4.79 Å². The van der Waals surface area contributed by atoms with Gasteiger partial charge in [0.15, 0.2) is 5.58 Å². The average Bonchev–Trinajstić information content (AvgIpc) is 2.85. The Labute approximate surface area is 134 Å². The predicted molar refractivity (Wildman–Crippen MR) is 85.5 cm³/mol. The Hall–Kier alpha value is -1.85. The highest BCUT2D eigenvalue weighted by Crippen LogP contribution is 2.26. The van der Waals surface area contributed by atoms with Crippen molar-refractivity contribution in [3.63, 3.8) is 0 Å². The smallest absolute Gasteiger partial charge is 0.230 e. The third-order valence-electron chi connectivity index (χ3n) is 2.99. The molecule has 0 atom stereocenters. The van der Waals surface area contributed by atoms with Crippen LogP contribution in [0.15, 0.2) is 51.5 Å². The van der Waals surface area contributed by atoms with E-state index < -0.39 is 0 Å². The first-order valence-corrected chi connectivity index (χ1v) is 7.39. The predicted octanol–water partition coefficient (Wildman–Crippen LogP) is 4.42. The summed E-state index contributed by atoms with van der Waals surface area (Å²) in [4.78, 5) is 12.1. The van der Waals surface area contributed by atoms with Crippen LogP contribution < -0.4 is 5.32 Å². The lowest BCUT2D eigenvalue weighted by molar-refractivity contribution is -0.115. The summed E-state index contributed by atoms with van der Waals surface area (Å²) in [5.74, 6) is -0.196. The first-order chi connectivity index (χ1) is 10.1. The summed E-state index contributed by atoms with van der Waals surface area (Å²) >= 11 is 9.39. The van der Waals surface area contributed by atoms with E-state index in [-0.39, 0.29) is 12.3 Å². The number of amides is 1. The molecule has 0 fully saturated rings. The number of carbonyl (C=O) groups excluding carboxylic acids is 1. The van der Waals surface area contributed by atoms with E-state index in [2.05, 4.69) is 26.4 Å². The number of nitrogens with zero attached hydrogens (tertiary/aromatic N) is 1. The van der Waals surface area contributed by atoms with Crippen LogP contribution in [0.2, 0.25) is 5.02 Å². The van der Waals surface area contributed by atoms with Gasteiger partial charge in [-0.25, -0.2) is 0 Å². The summed E-state index contributed by atoms with van der Waals surface area (Å²) in [7, 11) is 0. The highest BCUT2D eigenvalue weighted by molar-refractivity contribution is 9.10. The van der Waals surface area contributed by atoms with Gasteiger partial charge < -0.3 is 9.84 Å². The van der Waals surface area contributed by atoms with E-state index in [9.17, 15) is 4.79 Å². The van der Waals surface area contributed by atoms with E-state index in [1.54, 1.807) is 12.1 Å². The SMILES string of the molecule is O=C(Cc1noc2ccccc12)Nc1ccc(Br)cc1Cl. The second-order valence-electron chi connectivity index (χ2n) is 4.47. The molecule has 3 rings (SSSR count). The number of hydrogen-bond acceptors (Lipinski definition) is 3. The van der Waals surface area contributed by atoms with E-state index >= 15 is 0 Å². The van der Waals surface area contributed by atoms with Gasteiger partial charge in [0, 0.05) is 9.86 Å². The van der Waals surface area contributed by atoms with Crippen LogP contribution in [0.1, 0.15) is 5.69 Å². The zero-order chi connectivity index (χ0) is 14.8. The highest BCUT2D eigenvalue weighted by Gasteiger charge is 2.13. The number of fused-ring (bicyclic) bond motifs is 1. The number of halogens is 2. The Balaban J connectivity index is 1.77. The molecule has 1 aromatic heterocycles. The maximum Gasteiger partial charge on any atom is 0.230 e. The van der Waals surface area contributed by atoms with E-state index in [1.165, 1.54) is 0 Å². The van der Waals surface area contributed by atoms with Crippen LogP contribution in [-0.2, 0) is 11.2 Å². The quantitative estimate of drug-likeness (QED) is 0.747. The van der Waals surface area contributed by atoms with Crippen molar-refractivity contribution in [1.82, 2.24) is 5.16 Å². The fraction of sp³-hybridized carbons (Fsp3) is 0.0667. The van der Waals surface area contributed by atoms with Gasteiger partial charge in [-0.1, -0.05) is 44.8 Å². The molecule has 0 aliphatic rings. The van der Waals surface area contributed by atoms with Gasteiger partial charge in [-0.05, 0) is 30.3 Å². The molecule has 0 unspecified atom stereocenters. The van der Waals surface area contributed by atoms with Crippen molar-refractivity contribution in [1.29, 1.82) is 0 Å². The lowest BCUT2D eigenvalue weighted by Crippen LogP contribution is -2.15. The monoisotopic (exact) mass is 364 g/mol. The molecule has 106 valence electrons. The van der Waals surface area contributed by atoms with E-state index in [1.807, 2.05) is 30.3 Å². The second kappa shape index (κ2) is 5.87. The highest BCUT2D eigenvalue weighted by atomic mass is 79.9. The molecule has 1 N–H and O–H groups in total. The van der Waals surface area contributed by atoms with Crippen molar-refractivity contribution in [2.45, 2.75) is 6.42 Å². The van der Waals surface area contributed by atoms with Gasteiger partial charge in [0.1, 0.15) is 5.69 Å². The van der Waals surface area contributed by atoms with Crippen LogP contribution >= 0.6 is 27.5 Å². The zero-order valence-corrected chi connectivity index (χ0v) is 13.1. The number of nitrogens with one attached hydrogen (secondary N) is 1. The molecule has 0 radical (unpaired) electrons. The molecule has 0 saturated heterocycles.